The second kappa shape index (κ2) is 13.1. The second-order valence-electron chi connectivity index (χ2n) is 9.31. The van der Waals surface area contributed by atoms with E-state index in [9.17, 15) is 18.0 Å². The number of amides is 2. The van der Waals surface area contributed by atoms with Crippen LogP contribution in [0.15, 0.2) is 77.3 Å². The number of sulfonamides is 1. The maximum atomic E-state index is 14.0. The number of likely N-dealkylation sites (N-methyl/N-ethyl adjacent to an activating group) is 1. The van der Waals surface area contributed by atoms with Crippen molar-refractivity contribution >= 4 is 43.5 Å². The van der Waals surface area contributed by atoms with Gasteiger partial charge < -0.3 is 10.2 Å². The Bertz CT molecular complexity index is 1380. The first-order chi connectivity index (χ1) is 18.0. The molecule has 3 rings (SSSR count). The largest absolute Gasteiger partial charge is 0.355 e. The zero-order valence-corrected chi connectivity index (χ0v) is 24.6. The summed E-state index contributed by atoms with van der Waals surface area (Å²) in [6.45, 7) is 5.77. The van der Waals surface area contributed by atoms with Gasteiger partial charge >= 0.3 is 0 Å². The Kier molecular flexibility index (Phi) is 10.1. The fourth-order valence-electron chi connectivity index (χ4n) is 4.25. The quantitative estimate of drug-likeness (QED) is 0.349. The van der Waals surface area contributed by atoms with Crippen molar-refractivity contribution in [2.45, 2.75) is 39.8 Å². The van der Waals surface area contributed by atoms with Gasteiger partial charge in [-0.2, -0.15) is 0 Å². The highest BCUT2D eigenvalue weighted by molar-refractivity contribution is 9.10. The lowest BCUT2D eigenvalue weighted by molar-refractivity contribution is -0.140. The molecule has 1 atom stereocenters. The van der Waals surface area contributed by atoms with Crippen molar-refractivity contribution in [1.29, 1.82) is 0 Å². The van der Waals surface area contributed by atoms with Gasteiger partial charge in [0.15, 0.2) is 0 Å². The van der Waals surface area contributed by atoms with Gasteiger partial charge in [0.05, 0.1) is 11.9 Å². The number of benzene rings is 3. The molecule has 0 saturated heterocycles. The Balaban J connectivity index is 2.05. The van der Waals surface area contributed by atoms with E-state index in [-0.39, 0.29) is 12.5 Å². The van der Waals surface area contributed by atoms with E-state index in [0.29, 0.717) is 18.7 Å². The van der Waals surface area contributed by atoms with Gasteiger partial charge in [-0.25, -0.2) is 8.42 Å². The molecule has 0 bridgehead atoms. The number of carbonyl (C=O) groups is 2. The lowest BCUT2D eigenvalue weighted by Gasteiger charge is -2.33. The third-order valence-corrected chi connectivity index (χ3v) is 8.20. The molecule has 0 aromatic heterocycles. The minimum atomic E-state index is -3.80. The van der Waals surface area contributed by atoms with Crippen LogP contribution < -0.4 is 9.62 Å². The molecule has 9 heteroatoms. The van der Waals surface area contributed by atoms with Gasteiger partial charge in [0.1, 0.15) is 12.6 Å². The molecule has 7 nitrogen and oxygen atoms in total. The monoisotopic (exact) mass is 599 g/mol. The average Bonchev–Trinajstić information content (AvgIpc) is 2.86. The molecule has 2 amide bonds. The molecule has 0 radical (unpaired) electrons. The van der Waals surface area contributed by atoms with E-state index in [2.05, 4.69) is 21.2 Å². The van der Waals surface area contributed by atoms with Crippen LogP contribution in [0.25, 0.3) is 0 Å². The molecule has 0 aliphatic heterocycles. The molecule has 0 heterocycles. The van der Waals surface area contributed by atoms with E-state index >= 15 is 0 Å². The number of aryl methyl sites for hydroxylation is 2. The summed E-state index contributed by atoms with van der Waals surface area (Å²) in [5, 5.41) is 2.86. The van der Waals surface area contributed by atoms with Gasteiger partial charge in [-0.15, -0.1) is 0 Å². The van der Waals surface area contributed by atoms with Gasteiger partial charge in [0.25, 0.3) is 0 Å². The van der Waals surface area contributed by atoms with E-state index in [4.69, 9.17) is 0 Å². The van der Waals surface area contributed by atoms with Crippen LogP contribution in [-0.4, -0.2) is 50.5 Å². The Morgan fingerprint density at radius 1 is 0.947 bits per heavy atom. The van der Waals surface area contributed by atoms with Crippen LogP contribution in [0.2, 0.25) is 0 Å². The zero-order valence-electron chi connectivity index (χ0n) is 22.1. The van der Waals surface area contributed by atoms with E-state index in [1.165, 1.54) is 4.90 Å². The highest BCUT2D eigenvalue weighted by atomic mass is 79.9. The van der Waals surface area contributed by atoms with Crippen LogP contribution in [0.5, 0.6) is 0 Å². The molecule has 0 unspecified atom stereocenters. The molecule has 38 heavy (non-hydrogen) atoms. The maximum absolute atomic E-state index is 14.0. The van der Waals surface area contributed by atoms with Crippen molar-refractivity contribution in [2.75, 3.05) is 23.7 Å². The lowest BCUT2D eigenvalue weighted by Crippen LogP contribution is -2.53. The van der Waals surface area contributed by atoms with Crippen molar-refractivity contribution in [1.82, 2.24) is 10.2 Å². The summed E-state index contributed by atoms with van der Waals surface area (Å²) in [4.78, 5) is 28.8. The van der Waals surface area contributed by atoms with Crippen LogP contribution in [0.1, 0.15) is 29.2 Å². The number of carbonyl (C=O) groups excluding carboxylic acids is 2. The number of nitrogens with one attached hydrogen (secondary N) is 1. The fraction of sp³-hybridized carbons (Fsp3) is 0.310. The number of anilines is 1. The topological polar surface area (TPSA) is 86.8 Å². The van der Waals surface area contributed by atoms with Crippen molar-refractivity contribution < 1.29 is 18.0 Å². The predicted octanol–water partition coefficient (Wildman–Crippen LogP) is 4.61. The van der Waals surface area contributed by atoms with E-state index in [1.807, 2.05) is 75.4 Å². The predicted molar refractivity (Wildman–Crippen MR) is 155 cm³/mol. The SMILES string of the molecule is CCNC(=O)[C@@H](Cc1ccccc1)N(Cc1cccc(C)c1)C(=O)CN(c1ccc(Br)c(C)c1)S(C)(=O)=O. The summed E-state index contributed by atoms with van der Waals surface area (Å²) >= 11 is 3.44. The smallest absolute Gasteiger partial charge is 0.244 e. The standard InChI is InChI=1S/C29H34BrN3O4S/c1-5-31-29(35)27(18-23-11-7-6-8-12-23)32(19-24-13-9-10-21(2)16-24)28(34)20-33(38(4,36)37)25-14-15-26(30)22(3)17-25/h6-17,27H,5,18-20H2,1-4H3,(H,31,35)/t27-/m1/s1. The number of nitrogens with zero attached hydrogens (tertiary/aromatic N) is 2. The number of rotatable bonds is 11. The number of halogens is 1. The first kappa shape index (κ1) is 29.4. The third kappa shape index (κ3) is 7.91. The molecule has 3 aromatic carbocycles. The molecule has 0 saturated carbocycles. The molecule has 0 fully saturated rings. The first-order valence-corrected chi connectivity index (χ1v) is 15.0. The number of hydrogen-bond donors (Lipinski definition) is 1. The summed E-state index contributed by atoms with van der Waals surface area (Å²) in [5.41, 5.74) is 4.00. The third-order valence-electron chi connectivity index (χ3n) is 6.17. The Morgan fingerprint density at radius 3 is 2.24 bits per heavy atom. The lowest BCUT2D eigenvalue weighted by atomic mass is 10.0. The zero-order chi connectivity index (χ0) is 27.9. The van der Waals surface area contributed by atoms with E-state index in [1.54, 1.807) is 18.2 Å². The summed E-state index contributed by atoms with van der Waals surface area (Å²) < 4.78 is 27.6. The highest BCUT2D eigenvalue weighted by Gasteiger charge is 2.33. The summed E-state index contributed by atoms with van der Waals surface area (Å²) in [5.74, 6) is -0.757. The average molecular weight is 601 g/mol. The normalized spacial score (nSPS) is 12.0. The minimum absolute atomic E-state index is 0.159. The van der Waals surface area contributed by atoms with Gasteiger partial charge in [-0.05, 0) is 55.7 Å². The van der Waals surface area contributed by atoms with Crippen LogP contribution in [0.4, 0.5) is 5.69 Å². The Hall–Kier alpha value is -3.17. The van der Waals surface area contributed by atoms with Crippen LogP contribution >= 0.6 is 15.9 Å². The summed E-state index contributed by atoms with van der Waals surface area (Å²) in [6.07, 6.45) is 1.37. The Morgan fingerprint density at radius 2 is 1.63 bits per heavy atom. The molecule has 1 N–H and O–H groups in total. The summed E-state index contributed by atoms with van der Waals surface area (Å²) in [6, 6.07) is 21.5. The summed E-state index contributed by atoms with van der Waals surface area (Å²) in [7, 11) is -3.80. The van der Waals surface area contributed by atoms with Crippen molar-refractivity contribution in [3.8, 4) is 0 Å². The van der Waals surface area contributed by atoms with Gasteiger partial charge in [-0.3, -0.25) is 13.9 Å². The van der Waals surface area contributed by atoms with E-state index in [0.717, 1.165) is 37.3 Å². The van der Waals surface area contributed by atoms with Crippen LogP contribution in [0, 0.1) is 13.8 Å². The highest BCUT2D eigenvalue weighted by Crippen LogP contribution is 2.25. The molecule has 0 spiro atoms. The molecule has 0 aliphatic carbocycles. The first-order valence-electron chi connectivity index (χ1n) is 12.4. The Labute approximate surface area is 234 Å². The van der Waals surface area contributed by atoms with E-state index < -0.39 is 28.5 Å². The second-order valence-corrected chi connectivity index (χ2v) is 12.1. The van der Waals surface area contributed by atoms with Gasteiger partial charge in [0.2, 0.25) is 21.8 Å². The number of hydrogen-bond acceptors (Lipinski definition) is 4. The molecule has 0 aliphatic rings. The molecule has 3 aromatic rings. The minimum Gasteiger partial charge on any atom is -0.355 e. The van der Waals surface area contributed by atoms with Crippen LogP contribution in [0.3, 0.4) is 0 Å². The van der Waals surface area contributed by atoms with Crippen molar-refractivity contribution in [2.24, 2.45) is 0 Å². The van der Waals surface area contributed by atoms with Crippen molar-refractivity contribution in [3.05, 3.63) is 99.5 Å². The maximum Gasteiger partial charge on any atom is 0.244 e. The van der Waals surface area contributed by atoms with Gasteiger partial charge in [0, 0.05) is 24.0 Å². The molecular weight excluding hydrogens is 566 g/mol. The van der Waals surface area contributed by atoms with Crippen molar-refractivity contribution in [3.63, 3.8) is 0 Å². The molecule has 202 valence electrons. The fourth-order valence-corrected chi connectivity index (χ4v) is 5.34. The molecular formula is C29H34BrN3O4S. The van der Waals surface area contributed by atoms with Gasteiger partial charge in [-0.1, -0.05) is 76.1 Å². The van der Waals surface area contributed by atoms with Crippen LogP contribution in [-0.2, 0) is 32.6 Å².